The van der Waals surface area contributed by atoms with Gasteiger partial charge in [0.1, 0.15) is 12.7 Å². The van der Waals surface area contributed by atoms with E-state index in [4.69, 9.17) is 13.7 Å². The maximum absolute atomic E-state index is 10.7. The van der Waals surface area contributed by atoms with Crippen molar-refractivity contribution in [1.29, 1.82) is 0 Å². The minimum atomic E-state index is -0.580. The van der Waals surface area contributed by atoms with Gasteiger partial charge < -0.3 is 23.7 Å². The van der Waals surface area contributed by atoms with Gasteiger partial charge in [-0.25, -0.2) is 0 Å². The third-order valence-electron chi connectivity index (χ3n) is 7.11. The number of ether oxygens (including phenoxy) is 1. The van der Waals surface area contributed by atoms with Gasteiger partial charge in [0.25, 0.3) is 0 Å². The lowest BCUT2D eigenvalue weighted by Gasteiger charge is -2.33. The third kappa shape index (κ3) is 4.74. The Hall–Kier alpha value is -3.61. The molecule has 0 unspecified atom stereocenters. The van der Waals surface area contributed by atoms with Gasteiger partial charge in [0, 0.05) is 18.0 Å². The quantitative estimate of drug-likeness (QED) is 0.299. The van der Waals surface area contributed by atoms with Crippen LogP contribution in [0.3, 0.4) is 0 Å². The summed E-state index contributed by atoms with van der Waals surface area (Å²) < 4.78 is 17.3. The van der Waals surface area contributed by atoms with Crippen molar-refractivity contribution in [2.45, 2.75) is 31.8 Å². The second-order valence-corrected chi connectivity index (χ2v) is 9.76. The highest BCUT2D eigenvalue weighted by atomic mass is 16.5. The first kappa shape index (κ1) is 22.8. The van der Waals surface area contributed by atoms with E-state index >= 15 is 0 Å². The summed E-state index contributed by atoms with van der Waals surface area (Å²) in [7, 11) is 0. The molecule has 0 amide bonds. The van der Waals surface area contributed by atoms with Crippen molar-refractivity contribution in [2.24, 2.45) is 0 Å². The molecule has 5 aromatic rings. The lowest BCUT2D eigenvalue weighted by atomic mass is 9.88. The number of hydrogen-bond acceptors (Lipinski definition) is 6. The number of para-hydroxylation sites is 1. The SMILES string of the molecule is Cc1cc(-c2cc3cccc(OC[C@@H](O)CN4CCC(c5ccc6ccccc6c5)CC4)c3o2)on1. The Balaban J connectivity index is 1.04. The van der Waals surface area contributed by atoms with Crippen LogP contribution in [0.5, 0.6) is 5.75 Å². The number of hydrogen-bond donors (Lipinski definition) is 1. The lowest BCUT2D eigenvalue weighted by molar-refractivity contribution is 0.0596. The highest BCUT2D eigenvalue weighted by molar-refractivity contribution is 5.87. The van der Waals surface area contributed by atoms with Crippen molar-refractivity contribution in [2.75, 3.05) is 26.2 Å². The van der Waals surface area contributed by atoms with Crippen LogP contribution in [0.2, 0.25) is 0 Å². The third-order valence-corrected chi connectivity index (χ3v) is 7.11. The summed E-state index contributed by atoms with van der Waals surface area (Å²) in [6.07, 6.45) is 1.62. The molecule has 6 heteroatoms. The van der Waals surface area contributed by atoms with Crippen LogP contribution in [0.4, 0.5) is 0 Å². The predicted octanol–water partition coefficient (Wildman–Crippen LogP) is 6.17. The average molecular weight is 483 g/mol. The highest BCUT2D eigenvalue weighted by Gasteiger charge is 2.23. The average Bonchev–Trinajstić information content (AvgIpc) is 3.54. The van der Waals surface area contributed by atoms with E-state index in [2.05, 4.69) is 52.5 Å². The van der Waals surface area contributed by atoms with E-state index in [1.165, 1.54) is 16.3 Å². The van der Waals surface area contributed by atoms with Gasteiger partial charge in [-0.2, -0.15) is 0 Å². The van der Waals surface area contributed by atoms with Gasteiger partial charge in [0.15, 0.2) is 17.1 Å². The van der Waals surface area contributed by atoms with E-state index in [9.17, 15) is 5.11 Å². The highest BCUT2D eigenvalue weighted by Crippen LogP contribution is 2.34. The molecule has 1 N–H and O–H groups in total. The Morgan fingerprint density at radius 3 is 2.56 bits per heavy atom. The van der Waals surface area contributed by atoms with Gasteiger partial charge in [-0.1, -0.05) is 59.8 Å². The fourth-order valence-electron chi connectivity index (χ4n) is 5.20. The topological polar surface area (TPSA) is 71.9 Å². The number of β-amino-alcohol motifs (C(OH)–C–C–N with tert-alkyl or cyclic N) is 1. The van der Waals surface area contributed by atoms with Gasteiger partial charge in [-0.15, -0.1) is 0 Å². The lowest BCUT2D eigenvalue weighted by Crippen LogP contribution is -2.40. The number of aromatic nitrogens is 1. The Morgan fingerprint density at radius 2 is 1.75 bits per heavy atom. The van der Waals surface area contributed by atoms with Gasteiger partial charge in [0.05, 0.1) is 5.69 Å². The molecule has 1 saturated heterocycles. The number of piperidine rings is 1. The summed E-state index contributed by atoms with van der Waals surface area (Å²) >= 11 is 0. The Labute approximate surface area is 210 Å². The fourth-order valence-corrected chi connectivity index (χ4v) is 5.20. The number of furan rings is 1. The second-order valence-electron chi connectivity index (χ2n) is 9.76. The summed E-state index contributed by atoms with van der Waals surface area (Å²) in [6, 6.07) is 24.9. The molecule has 0 radical (unpaired) electrons. The standard InChI is InChI=1S/C30H30N2O4/c1-20-15-29(36-31-20)28-17-25-7-4-8-27(30(25)35-28)34-19-26(33)18-32-13-11-22(12-14-32)24-10-9-21-5-2-3-6-23(21)16-24/h2-10,15-17,22,26,33H,11-14,18-19H2,1H3/t26-/m0/s1. The molecule has 0 bridgehead atoms. The smallest absolute Gasteiger partial charge is 0.202 e. The zero-order chi connectivity index (χ0) is 24.5. The fraction of sp³-hybridized carbons (Fsp3) is 0.300. The normalized spacial score (nSPS) is 16.1. The molecule has 1 fully saturated rings. The minimum Gasteiger partial charge on any atom is -0.487 e. The van der Waals surface area contributed by atoms with Crippen molar-refractivity contribution in [1.82, 2.24) is 10.1 Å². The molecule has 1 aliphatic heterocycles. The zero-order valence-electron chi connectivity index (χ0n) is 20.4. The first-order valence-corrected chi connectivity index (χ1v) is 12.6. The number of likely N-dealkylation sites (tertiary alicyclic amines) is 1. The zero-order valence-corrected chi connectivity index (χ0v) is 20.4. The van der Waals surface area contributed by atoms with Crippen LogP contribution in [-0.2, 0) is 0 Å². The van der Waals surface area contributed by atoms with Crippen LogP contribution in [0.15, 0.2) is 81.7 Å². The summed E-state index contributed by atoms with van der Waals surface area (Å²) in [5.74, 6) is 2.38. The van der Waals surface area contributed by atoms with E-state index in [0.717, 1.165) is 37.0 Å². The van der Waals surface area contributed by atoms with Crippen LogP contribution < -0.4 is 4.74 Å². The van der Waals surface area contributed by atoms with Gasteiger partial charge in [-0.3, -0.25) is 0 Å². The first-order valence-electron chi connectivity index (χ1n) is 12.6. The van der Waals surface area contributed by atoms with Crippen molar-refractivity contribution < 1.29 is 18.8 Å². The summed E-state index contributed by atoms with van der Waals surface area (Å²) in [5, 5.41) is 18.1. The monoisotopic (exact) mass is 482 g/mol. The maximum atomic E-state index is 10.7. The largest absolute Gasteiger partial charge is 0.487 e. The van der Waals surface area contributed by atoms with E-state index < -0.39 is 6.10 Å². The molecule has 6 rings (SSSR count). The molecule has 0 spiro atoms. The van der Waals surface area contributed by atoms with Crippen molar-refractivity contribution in [3.8, 4) is 17.3 Å². The van der Waals surface area contributed by atoms with E-state index in [-0.39, 0.29) is 6.61 Å². The van der Waals surface area contributed by atoms with Crippen molar-refractivity contribution in [3.05, 3.63) is 84.1 Å². The number of benzene rings is 3. The van der Waals surface area contributed by atoms with Crippen LogP contribution in [0.25, 0.3) is 33.3 Å². The van der Waals surface area contributed by atoms with E-state index in [0.29, 0.717) is 35.3 Å². The molecule has 1 aliphatic rings. The number of aryl methyl sites for hydroxylation is 1. The minimum absolute atomic E-state index is 0.209. The van der Waals surface area contributed by atoms with Crippen LogP contribution in [-0.4, -0.2) is 47.5 Å². The van der Waals surface area contributed by atoms with Gasteiger partial charge >= 0.3 is 0 Å². The molecule has 2 aromatic heterocycles. The molecule has 184 valence electrons. The summed E-state index contributed by atoms with van der Waals surface area (Å²) in [4.78, 5) is 2.34. The molecular formula is C30H30N2O4. The molecule has 3 aromatic carbocycles. The van der Waals surface area contributed by atoms with Gasteiger partial charge in [0.2, 0.25) is 5.76 Å². The Morgan fingerprint density at radius 1 is 0.944 bits per heavy atom. The van der Waals surface area contributed by atoms with E-state index in [1.807, 2.05) is 37.3 Å². The van der Waals surface area contributed by atoms with Crippen molar-refractivity contribution >= 4 is 21.7 Å². The first-order chi connectivity index (χ1) is 17.6. The second kappa shape index (κ2) is 9.80. The maximum Gasteiger partial charge on any atom is 0.202 e. The molecule has 6 nitrogen and oxygen atoms in total. The number of fused-ring (bicyclic) bond motifs is 2. The number of nitrogens with zero attached hydrogens (tertiary/aromatic N) is 2. The van der Waals surface area contributed by atoms with Crippen molar-refractivity contribution in [3.63, 3.8) is 0 Å². The van der Waals surface area contributed by atoms with Crippen LogP contribution in [0.1, 0.15) is 30.0 Å². The van der Waals surface area contributed by atoms with Crippen LogP contribution in [0, 0.1) is 6.92 Å². The molecule has 0 saturated carbocycles. The molecular weight excluding hydrogens is 452 g/mol. The number of aliphatic hydroxyl groups is 1. The summed E-state index contributed by atoms with van der Waals surface area (Å²) in [6.45, 7) is 4.63. The molecule has 0 aliphatic carbocycles. The summed E-state index contributed by atoms with van der Waals surface area (Å²) in [5.41, 5.74) is 2.86. The number of aliphatic hydroxyl groups excluding tert-OH is 1. The molecule has 36 heavy (non-hydrogen) atoms. The molecule has 3 heterocycles. The Bertz CT molecular complexity index is 1480. The van der Waals surface area contributed by atoms with E-state index in [1.54, 1.807) is 0 Å². The van der Waals surface area contributed by atoms with Gasteiger partial charge in [-0.05, 0) is 67.2 Å². The predicted molar refractivity (Wildman–Crippen MR) is 140 cm³/mol. The Kier molecular flexibility index (Phi) is 6.21. The number of rotatable bonds is 7. The van der Waals surface area contributed by atoms with Crippen LogP contribution >= 0.6 is 0 Å². The molecule has 1 atom stereocenters.